The minimum absolute atomic E-state index is 0. The summed E-state index contributed by atoms with van der Waals surface area (Å²) >= 11 is 0. The molecular formula is C82H78O9Si. The minimum Gasteiger partial charge on any atom is -0.507 e. The molecule has 0 fully saturated rings. The van der Waals surface area contributed by atoms with Crippen molar-refractivity contribution >= 4 is 79.1 Å². The molecule has 15 aromatic rings. The van der Waals surface area contributed by atoms with E-state index in [2.05, 4.69) is 81.4 Å². The topological polar surface area (TPSA) is 128 Å². The number of phenols is 3. The average molecular weight is 1240 g/mol. The highest BCUT2D eigenvalue weighted by Crippen LogP contribution is 2.38. The van der Waals surface area contributed by atoms with Gasteiger partial charge in [0.25, 0.3) is 0 Å². The first-order valence-electron chi connectivity index (χ1n) is 30.5. The summed E-state index contributed by atoms with van der Waals surface area (Å²) in [5, 5.41) is 37.8. The maximum atomic E-state index is 9.92. The highest BCUT2D eigenvalue weighted by Gasteiger charge is 2.32. The third-order valence-corrected chi connectivity index (χ3v) is 22.1. The van der Waals surface area contributed by atoms with Crippen molar-refractivity contribution in [3.05, 3.63) is 285 Å². The van der Waals surface area contributed by atoms with Gasteiger partial charge in [0.15, 0.2) is 22.8 Å². The summed E-state index contributed by atoms with van der Waals surface area (Å²) in [6.07, 6.45) is 0. The molecule has 0 bridgehead atoms. The fourth-order valence-corrected chi connectivity index (χ4v) is 15.2. The van der Waals surface area contributed by atoms with Crippen LogP contribution in [0.15, 0.2) is 298 Å². The Kier molecular flexibility index (Phi) is 22.4. The summed E-state index contributed by atoms with van der Waals surface area (Å²) in [4.78, 5) is 0. The molecule has 0 saturated carbocycles. The van der Waals surface area contributed by atoms with Crippen molar-refractivity contribution in [2.24, 2.45) is 0 Å². The molecule has 0 saturated heterocycles. The molecule has 12 aromatic carbocycles. The Morgan fingerprint density at radius 2 is 0.674 bits per heavy atom. The predicted molar refractivity (Wildman–Crippen MR) is 385 cm³/mol. The third-order valence-electron chi connectivity index (χ3n) is 16.5. The Balaban J connectivity index is 0.000000131. The van der Waals surface area contributed by atoms with Crippen LogP contribution in [0.4, 0.5) is 0 Å². The number of hydrogen-bond acceptors (Lipinski definition) is 9. The molecule has 0 atom stereocenters. The van der Waals surface area contributed by atoms with Crippen LogP contribution in [0, 0.1) is 0 Å². The van der Waals surface area contributed by atoms with Gasteiger partial charge in [0.1, 0.15) is 45.2 Å². The van der Waals surface area contributed by atoms with Gasteiger partial charge in [-0.1, -0.05) is 271 Å². The number of benzene rings is 12. The van der Waals surface area contributed by atoms with Crippen LogP contribution in [0.1, 0.15) is 28.2 Å². The molecule has 0 spiro atoms. The van der Waals surface area contributed by atoms with E-state index in [9.17, 15) is 15.3 Å². The molecule has 0 unspecified atom stereocenters. The van der Waals surface area contributed by atoms with Crippen molar-refractivity contribution in [1.29, 1.82) is 0 Å². The van der Waals surface area contributed by atoms with E-state index in [-0.39, 0.29) is 18.9 Å². The Morgan fingerprint density at radius 1 is 0.315 bits per heavy atom. The number of fused-ring (bicyclic) bond motifs is 9. The van der Waals surface area contributed by atoms with Crippen LogP contribution in [-0.4, -0.2) is 44.7 Å². The molecule has 0 aliphatic heterocycles. The fraction of sp³-hybridized carbons (Fsp3) is 0.122. The SMILES string of the molecule is C.CC[Si](CC)(CC)c1cccc2c1oc1ccccc12.COc1cccc(-c2ccccc2)c1O.COc1cccc(-c2ccccc2O)c1.COc1cccc2c1oc1ccccc12.Oc1ccccc1-c1ccccc1.c1ccc2c(c1)oc1ccccc12. The minimum atomic E-state index is -1.41. The molecule has 9 nitrogen and oxygen atoms in total. The quantitative estimate of drug-likeness (QED) is 0.115. The standard InChI is InChI=1S/C18H22OSi.C13H10O2.2C13H12O2.C12H8O.C12H10O.CH4/c1-4-20(5-2,6-3)17-13-9-11-15-14-10-7-8-12-16(14)19-18(15)17;1-14-12-8-4-6-10-9-5-2-3-7-11(9)15-13(10)12;1-15-11-6-4-5-10(9-11)12-7-2-3-8-13(12)14;1-15-12-9-5-8-11(13(12)14)10-6-3-2-4-7-10;1-3-7-11-9(5-1)10-6-2-4-8-12(10)13-11;13-12-9-5-4-8-11(12)10-6-2-1-3-7-10;/h7-13H,4-6H2,1-3H3;2-8H,1H3;2*2-9,14H,1H3;1-8H;1-9,13H;1H4. The van der Waals surface area contributed by atoms with E-state index < -0.39 is 8.07 Å². The second-order valence-electron chi connectivity index (χ2n) is 21.5. The van der Waals surface area contributed by atoms with Crippen LogP contribution in [0.3, 0.4) is 0 Å². The number of aromatic hydroxyl groups is 3. The van der Waals surface area contributed by atoms with Crippen LogP contribution in [0.5, 0.6) is 34.5 Å². The zero-order chi connectivity index (χ0) is 63.5. The van der Waals surface area contributed by atoms with E-state index in [1.54, 1.807) is 45.6 Å². The van der Waals surface area contributed by atoms with Crippen molar-refractivity contribution in [1.82, 2.24) is 0 Å². The van der Waals surface area contributed by atoms with Crippen molar-refractivity contribution in [2.45, 2.75) is 46.3 Å². The normalized spacial score (nSPS) is 10.7. The molecule has 0 aliphatic rings. The lowest BCUT2D eigenvalue weighted by atomic mass is 10.0. The van der Waals surface area contributed by atoms with Crippen molar-refractivity contribution in [3.8, 4) is 67.9 Å². The number of ether oxygens (including phenoxy) is 3. The van der Waals surface area contributed by atoms with Gasteiger partial charge in [-0.05, 0) is 82.5 Å². The predicted octanol–water partition coefficient (Wildman–Crippen LogP) is 22.3. The summed E-state index contributed by atoms with van der Waals surface area (Å²) in [5.41, 5.74) is 11.3. The Bertz CT molecular complexity index is 4730. The number of furan rings is 3. The molecule has 3 N–H and O–H groups in total. The molecule has 92 heavy (non-hydrogen) atoms. The monoisotopic (exact) mass is 1230 g/mol. The number of rotatable bonds is 10. The first kappa shape index (κ1) is 65.5. The second kappa shape index (κ2) is 31.5. The molecule has 3 heterocycles. The lowest BCUT2D eigenvalue weighted by Crippen LogP contribution is -2.45. The molecule has 10 heteroatoms. The Morgan fingerprint density at radius 3 is 1.17 bits per heavy atom. The van der Waals surface area contributed by atoms with Crippen LogP contribution < -0.4 is 19.4 Å². The first-order chi connectivity index (χ1) is 44.6. The first-order valence-corrected chi connectivity index (χ1v) is 33.1. The van der Waals surface area contributed by atoms with E-state index in [0.717, 1.165) is 89.2 Å². The molecule has 0 aliphatic carbocycles. The molecular weight excluding hydrogens is 1160 g/mol. The summed E-state index contributed by atoms with van der Waals surface area (Å²) < 4.78 is 33.1. The summed E-state index contributed by atoms with van der Waals surface area (Å²) in [6, 6.07) is 96.4. The van der Waals surface area contributed by atoms with Gasteiger partial charge in [-0.25, -0.2) is 0 Å². The van der Waals surface area contributed by atoms with E-state index in [0.29, 0.717) is 11.5 Å². The molecule has 3 aromatic heterocycles. The molecule has 464 valence electrons. The zero-order valence-corrected chi connectivity index (χ0v) is 53.0. The van der Waals surface area contributed by atoms with Crippen LogP contribution in [0.2, 0.25) is 18.1 Å². The summed E-state index contributed by atoms with van der Waals surface area (Å²) in [5.74, 6) is 2.86. The number of para-hydroxylation sites is 9. The second-order valence-corrected chi connectivity index (χ2v) is 26.7. The largest absolute Gasteiger partial charge is 0.507 e. The van der Waals surface area contributed by atoms with E-state index in [1.165, 1.54) is 44.9 Å². The average Bonchev–Trinajstić information content (AvgIpc) is 1.63. The van der Waals surface area contributed by atoms with Gasteiger partial charge < -0.3 is 42.8 Å². The smallest absolute Gasteiger partial charge is 0.177 e. The fourth-order valence-electron chi connectivity index (χ4n) is 11.4. The third kappa shape index (κ3) is 14.9. The van der Waals surface area contributed by atoms with Gasteiger partial charge in [0.2, 0.25) is 0 Å². The van der Waals surface area contributed by atoms with Crippen LogP contribution in [0.25, 0.3) is 99.2 Å². The van der Waals surface area contributed by atoms with E-state index in [1.807, 2.05) is 200 Å². The van der Waals surface area contributed by atoms with Gasteiger partial charge in [-0.2, -0.15) is 0 Å². The number of hydrogen-bond donors (Lipinski definition) is 3. The van der Waals surface area contributed by atoms with E-state index in [4.69, 9.17) is 27.5 Å². The van der Waals surface area contributed by atoms with Crippen LogP contribution in [-0.2, 0) is 0 Å². The van der Waals surface area contributed by atoms with Crippen molar-refractivity contribution < 1.29 is 42.8 Å². The summed E-state index contributed by atoms with van der Waals surface area (Å²) in [6.45, 7) is 7.04. The van der Waals surface area contributed by atoms with Crippen molar-refractivity contribution in [3.63, 3.8) is 0 Å². The Labute approximate surface area is 539 Å². The Hall–Kier alpha value is -10.9. The van der Waals surface area contributed by atoms with Gasteiger partial charge >= 0.3 is 0 Å². The molecule has 0 amide bonds. The van der Waals surface area contributed by atoms with Crippen molar-refractivity contribution in [2.75, 3.05) is 21.3 Å². The highest BCUT2D eigenvalue weighted by molar-refractivity contribution is 6.93. The zero-order valence-electron chi connectivity index (χ0n) is 52.0. The maximum absolute atomic E-state index is 9.92. The van der Waals surface area contributed by atoms with Gasteiger partial charge in [0.05, 0.1) is 29.4 Å². The lowest BCUT2D eigenvalue weighted by Gasteiger charge is -2.28. The van der Waals surface area contributed by atoms with E-state index >= 15 is 0 Å². The maximum Gasteiger partial charge on any atom is 0.177 e. The number of phenolic OH excluding ortho intramolecular Hbond substituents is 3. The molecule has 15 rings (SSSR count). The van der Waals surface area contributed by atoms with Gasteiger partial charge in [-0.3, -0.25) is 0 Å². The summed E-state index contributed by atoms with van der Waals surface area (Å²) in [7, 11) is 3.41. The van der Waals surface area contributed by atoms with Crippen LogP contribution >= 0.6 is 0 Å². The highest BCUT2D eigenvalue weighted by atomic mass is 28.3. The molecule has 0 radical (unpaired) electrons. The lowest BCUT2D eigenvalue weighted by molar-refractivity contribution is 0.374. The van der Waals surface area contributed by atoms with Gasteiger partial charge in [-0.15, -0.1) is 0 Å². The number of methoxy groups -OCH3 is 3. The van der Waals surface area contributed by atoms with Gasteiger partial charge in [0, 0.05) is 49.0 Å².